The van der Waals surface area contributed by atoms with Crippen LogP contribution >= 0.6 is 0 Å². The minimum absolute atomic E-state index is 0.0678. The molecule has 1 rings (SSSR count). The van der Waals surface area contributed by atoms with E-state index in [2.05, 4.69) is 0 Å². The summed E-state index contributed by atoms with van der Waals surface area (Å²) in [6, 6.07) is 3.98. The zero-order valence-corrected chi connectivity index (χ0v) is 9.33. The monoisotopic (exact) mass is 208 g/mol. The number of aliphatic hydroxyl groups is 1. The molecular weight excluding hydrogens is 192 g/mol. The second-order valence-corrected chi connectivity index (χ2v) is 3.64. The van der Waals surface area contributed by atoms with Gasteiger partial charge in [-0.2, -0.15) is 0 Å². The number of hydrogen-bond acceptors (Lipinski definition) is 3. The highest BCUT2D eigenvalue weighted by Gasteiger charge is 2.08. The van der Waals surface area contributed by atoms with E-state index >= 15 is 0 Å². The van der Waals surface area contributed by atoms with E-state index in [-0.39, 0.29) is 12.4 Å². The summed E-state index contributed by atoms with van der Waals surface area (Å²) >= 11 is 0. The number of rotatable bonds is 4. The molecule has 0 saturated heterocycles. The Morgan fingerprint density at radius 2 is 1.87 bits per heavy atom. The third kappa shape index (κ3) is 2.80. The lowest BCUT2D eigenvalue weighted by Crippen LogP contribution is -2.15. The lowest BCUT2D eigenvalue weighted by atomic mass is 10.1. The van der Waals surface area contributed by atoms with Crippen LogP contribution in [-0.4, -0.2) is 24.1 Å². The maximum atomic E-state index is 10.9. The number of carbonyl (C=O) groups is 1. The topological polar surface area (TPSA) is 46.5 Å². The fourth-order valence-corrected chi connectivity index (χ4v) is 1.35. The molecule has 1 N–H and O–H groups in total. The van der Waals surface area contributed by atoms with Gasteiger partial charge in [0, 0.05) is 0 Å². The van der Waals surface area contributed by atoms with Crippen LogP contribution in [-0.2, 0) is 4.79 Å². The van der Waals surface area contributed by atoms with Gasteiger partial charge in [-0.25, -0.2) is 0 Å². The molecule has 15 heavy (non-hydrogen) atoms. The number of carbonyl (C=O) groups excluding carboxylic acids is 1. The maximum Gasteiger partial charge on any atom is 0.195 e. The first-order valence-corrected chi connectivity index (χ1v) is 4.88. The van der Waals surface area contributed by atoms with E-state index in [0.29, 0.717) is 0 Å². The lowest BCUT2D eigenvalue weighted by molar-refractivity contribution is -0.123. The highest BCUT2D eigenvalue weighted by atomic mass is 16.5. The van der Waals surface area contributed by atoms with Crippen LogP contribution in [0.5, 0.6) is 5.75 Å². The van der Waals surface area contributed by atoms with Crippen LogP contribution in [0.3, 0.4) is 0 Å². The Labute approximate surface area is 89.7 Å². The second-order valence-electron chi connectivity index (χ2n) is 3.64. The van der Waals surface area contributed by atoms with E-state index in [1.54, 1.807) is 0 Å². The number of Topliss-reactive ketones (excluding diaryl/α,β-unsaturated/α-hetero) is 1. The Morgan fingerprint density at radius 1 is 1.27 bits per heavy atom. The Bertz CT molecular complexity index is 369. The molecule has 0 amide bonds. The number of ether oxygens (including phenoxy) is 1. The summed E-state index contributed by atoms with van der Waals surface area (Å²) in [5, 5.41) is 8.58. The molecule has 0 bridgehead atoms. The van der Waals surface area contributed by atoms with Crippen molar-refractivity contribution in [3.63, 3.8) is 0 Å². The molecule has 3 nitrogen and oxygen atoms in total. The van der Waals surface area contributed by atoms with Crippen molar-refractivity contribution in [2.45, 2.75) is 20.8 Å². The van der Waals surface area contributed by atoms with E-state index < -0.39 is 6.61 Å². The predicted molar refractivity (Wildman–Crippen MR) is 58.2 cm³/mol. The average Bonchev–Trinajstić information content (AvgIpc) is 2.23. The van der Waals surface area contributed by atoms with Gasteiger partial charge in [-0.15, -0.1) is 0 Å². The third-order valence-electron chi connectivity index (χ3n) is 2.43. The van der Waals surface area contributed by atoms with Gasteiger partial charge in [-0.1, -0.05) is 12.1 Å². The first-order valence-electron chi connectivity index (χ1n) is 4.88. The third-order valence-corrected chi connectivity index (χ3v) is 2.43. The van der Waals surface area contributed by atoms with Crippen LogP contribution < -0.4 is 4.74 Å². The molecule has 0 radical (unpaired) electrons. The molecule has 1 aromatic carbocycles. The van der Waals surface area contributed by atoms with E-state index in [9.17, 15) is 4.79 Å². The van der Waals surface area contributed by atoms with Gasteiger partial charge in [0.25, 0.3) is 0 Å². The number of aliphatic hydroxyl groups excluding tert-OH is 1. The van der Waals surface area contributed by atoms with Crippen molar-refractivity contribution in [3.05, 3.63) is 28.8 Å². The molecule has 0 heterocycles. The molecule has 0 unspecified atom stereocenters. The largest absolute Gasteiger partial charge is 0.485 e. The molecule has 0 saturated carbocycles. The van der Waals surface area contributed by atoms with Gasteiger partial charge < -0.3 is 9.84 Å². The normalized spacial score (nSPS) is 10.1. The summed E-state index contributed by atoms with van der Waals surface area (Å²) < 4.78 is 5.39. The molecule has 0 aliphatic heterocycles. The smallest absolute Gasteiger partial charge is 0.195 e. The standard InChI is InChI=1S/C12H16O3/c1-8-4-5-9(2)12(10(8)3)15-7-11(14)6-13/h4-5,13H,6-7H2,1-3H3. The zero-order chi connectivity index (χ0) is 11.4. The molecule has 0 aromatic heterocycles. The quantitative estimate of drug-likeness (QED) is 0.816. The SMILES string of the molecule is Cc1ccc(C)c(OCC(=O)CO)c1C. The fourth-order valence-electron chi connectivity index (χ4n) is 1.35. The minimum Gasteiger partial charge on any atom is -0.485 e. The zero-order valence-electron chi connectivity index (χ0n) is 9.33. The summed E-state index contributed by atoms with van der Waals surface area (Å²) in [5.74, 6) is 0.437. The van der Waals surface area contributed by atoms with Gasteiger partial charge in [0.1, 0.15) is 19.0 Å². The lowest BCUT2D eigenvalue weighted by Gasteiger charge is -2.12. The first-order chi connectivity index (χ1) is 7.06. The summed E-state index contributed by atoms with van der Waals surface area (Å²) in [4.78, 5) is 10.9. The van der Waals surface area contributed by atoms with E-state index in [1.807, 2.05) is 32.9 Å². The van der Waals surface area contributed by atoms with Gasteiger partial charge in [-0.3, -0.25) is 4.79 Å². The molecule has 82 valence electrons. The molecule has 0 aliphatic carbocycles. The van der Waals surface area contributed by atoms with Crippen molar-refractivity contribution in [1.82, 2.24) is 0 Å². The summed E-state index contributed by atoms with van der Waals surface area (Å²) in [6.45, 7) is 5.35. The van der Waals surface area contributed by atoms with Crippen molar-refractivity contribution in [2.75, 3.05) is 13.2 Å². The van der Waals surface area contributed by atoms with Gasteiger partial charge in [0.2, 0.25) is 0 Å². The molecule has 0 aliphatic rings. The molecule has 0 spiro atoms. The number of aryl methyl sites for hydroxylation is 2. The van der Waals surface area contributed by atoms with Crippen molar-refractivity contribution in [3.8, 4) is 5.75 Å². The van der Waals surface area contributed by atoms with E-state index in [4.69, 9.17) is 9.84 Å². The Morgan fingerprint density at radius 3 is 2.47 bits per heavy atom. The first kappa shape index (κ1) is 11.7. The average molecular weight is 208 g/mol. The summed E-state index contributed by atoms with van der Waals surface area (Å²) in [7, 11) is 0. The molecule has 0 fully saturated rings. The van der Waals surface area contributed by atoms with Gasteiger partial charge in [-0.05, 0) is 37.5 Å². The van der Waals surface area contributed by atoms with E-state index in [0.717, 1.165) is 22.4 Å². The Hall–Kier alpha value is -1.35. The van der Waals surface area contributed by atoms with Crippen molar-refractivity contribution < 1.29 is 14.6 Å². The maximum absolute atomic E-state index is 10.9. The fraction of sp³-hybridized carbons (Fsp3) is 0.417. The van der Waals surface area contributed by atoms with Crippen molar-refractivity contribution in [1.29, 1.82) is 0 Å². The number of hydrogen-bond donors (Lipinski definition) is 1. The number of benzene rings is 1. The summed E-state index contributed by atoms with van der Waals surface area (Å²) in [5.41, 5.74) is 3.18. The van der Waals surface area contributed by atoms with Crippen LogP contribution in [0, 0.1) is 20.8 Å². The second kappa shape index (κ2) is 4.94. The predicted octanol–water partition coefficient (Wildman–Crippen LogP) is 1.55. The van der Waals surface area contributed by atoms with Gasteiger partial charge in [0.05, 0.1) is 0 Å². The summed E-state index contributed by atoms with van der Waals surface area (Å²) in [6.07, 6.45) is 0. The van der Waals surface area contributed by atoms with E-state index in [1.165, 1.54) is 0 Å². The van der Waals surface area contributed by atoms with Crippen LogP contribution in [0.2, 0.25) is 0 Å². The van der Waals surface area contributed by atoms with Gasteiger partial charge in [0.15, 0.2) is 5.78 Å². The van der Waals surface area contributed by atoms with Crippen LogP contribution in [0.4, 0.5) is 0 Å². The Balaban J connectivity index is 2.84. The minimum atomic E-state index is -0.468. The van der Waals surface area contributed by atoms with Crippen molar-refractivity contribution >= 4 is 5.78 Å². The molecule has 0 atom stereocenters. The van der Waals surface area contributed by atoms with Crippen LogP contribution in [0.1, 0.15) is 16.7 Å². The van der Waals surface area contributed by atoms with Crippen LogP contribution in [0.25, 0.3) is 0 Å². The highest BCUT2D eigenvalue weighted by Crippen LogP contribution is 2.25. The molecule has 1 aromatic rings. The Kier molecular flexibility index (Phi) is 3.86. The van der Waals surface area contributed by atoms with Crippen LogP contribution in [0.15, 0.2) is 12.1 Å². The molecule has 3 heteroatoms. The number of ketones is 1. The molecular formula is C12H16O3. The highest BCUT2D eigenvalue weighted by molar-refractivity contribution is 5.81. The van der Waals surface area contributed by atoms with Gasteiger partial charge >= 0.3 is 0 Å². The van der Waals surface area contributed by atoms with Crippen molar-refractivity contribution in [2.24, 2.45) is 0 Å².